The molecule has 2 N–H and O–H groups in total. The highest BCUT2D eigenvalue weighted by Crippen LogP contribution is 2.08. The van der Waals surface area contributed by atoms with Gasteiger partial charge < -0.3 is 15.2 Å². The number of carbonyl (C=O) groups is 1. The van der Waals surface area contributed by atoms with E-state index < -0.39 is 17.2 Å². The molecule has 124 valence electrons. The van der Waals surface area contributed by atoms with Crippen LogP contribution in [0.3, 0.4) is 0 Å². The molecule has 0 saturated carbocycles. The van der Waals surface area contributed by atoms with Crippen LogP contribution in [0.5, 0.6) is 0 Å². The van der Waals surface area contributed by atoms with Gasteiger partial charge in [0.15, 0.2) is 0 Å². The van der Waals surface area contributed by atoms with Crippen LogP contribution in [-0.2, 0) is 6.54 Å². The number of amides is 1. The van der Waals surface area contributed by atoms with E-state index in [-0.39, 0.29) is 12.1 Å². The fourth-order valence-electron chi connectivity index (χ4n) is 2.07. The van der Waals surface area contributed by atoms with Crippen LogP contribution in [0.15, 0.2) is 33.3 Å². The van der Waals surface area contributed by atoms with E-state index in [4.69, 9.17) is 0 Å². The fraction of sp³-hybridized carbons (Fsp3) is 0.400. The number of carbonyl (C=O) groups excluding carboxylic acids is 1. The van der Waals surface area contributed by atoms with Crippen LogP contribution in [0.1, 0.15) is 21.7 Å². The Balaban J connectivity index is 2.12. The van der Waals surface area contributed by atoms with Crippen LogP contribution in [0.4, 0.5) is 0 Å². The van der Waals surface area contributed by atoms with Gasteiger partial charge in [-0.05, 0) is 38.5 Å². The first-order valence-corrected chi connectivity index (χ1v) is 8.15. The smallest absolute Gasteiger partial charge is 0.328 e. The van der Waals surface area contributed by atoms with E-state index in [1.165, 1.54) is 17.5 Å². The van der Waals surface area contributed by atoms with Gasteiger partial charge in [-0.2, -0.15) is 0 Å². The largest absolute Gasteiger partial charge is 0.352 e. The summed E-state index contributed by atoms with van der Waals surface area (Å²) in [7, 11) is 3.90. The lowest BCUT2D eigenvalue weighted by atomic mass is 10.3. The maximum absolute atomic E-state index is 12.4. The fourth-order valence-corrected chi connectivity index (χ4v) is 2.76. The Morgan fingerprint density at radius 2 is 2.17 bits per heavy atom. The van der Waals surface area contributed by atoms with Crippen molar-refractivity contribution in [2.45, 2.75) is 13.0 Å². The Kier molecular flexibility index (Phi) is 5.89. The van der Waals surface area contributed by atoms with E-state index in [0.29, 0.717) is 6.54 Å². The molecule has 0 aliphatic carbocycles. The molecule has 0 saturated heterocycles. The molecule has 0 fully saturated rings. The number of rotatable bonds is 7. The van der Waals surface area contributed by atoms with Crippen LogP contribution >= 0.6 is 11.3 Å². The Morgan fingerprint density at radius 3 is 2.83 bits per heavy atom. The van der Waals surface area contributed by atoms with Crippen LogP contribution in [-0.4, -0.2) is 47.5 Å². The monoisotopic (exact) mass is 336 g/mol. The number of aromatic nitrogens is 2. The van der Waals surface area contributed by atoms with Gasteiger partial charge in [-0.25, -0.2) is 4.79 Å². The van der Waals surface area contributed by atoms with E-state index in [0.717, 1.165) is 22.4 Å². The van der Waals surface area contributed by atoms with Gasteiger partial charge in [-0.15, -0.1) is 11.3 Å². The lowest BCUT2D eigenvalue weighted by Gasteiger charge is -2.10. The topological polar surface area (TPSA) is 87.2 Å². The highest BCUT2D eigenvalue weighted by Gasteiger charge is 2.14. The number of nitrogens with one attached hydrogen (secondary N) is 2. The summed E-state index contributed by atoms with van der Waals surface area (Å²) in [5.41, 5.74) is -1.15. The highest BCUT2D eigenvalue weighted by molar-refractivity contribution is 7.09. The first-order chi connectivity index (χ1) is 11.0. The zero-order valence-corrected chi connectivity index (χ0v) is 14.0. The van der Waals surface area contributed by atoms with Gasteiger partial charge in [0.25, 0.3) is 11.5 Å². The van der Waals surface area contributed by atoms with Crippen LogP contribution in [0.2, 0.25) is 0 Å². The maximum atomic E-state index is 12.4. The molecule has 2 aromatic heterocycles. The molecule has 0 radical (unpaired) electrons. The van der Waals surface area contributed by atoms with E-state index in [9.17, 15) is 14.4 Å². The molecule has 0 aliphatic heterocycles. The molecule has 8 heteroatoms. The molecule has 0 aliphatic rings. The van der Waals surface area contributed by atoms with Crippen molar-refractivity contribution < 1.29 is 4.79 Å². The summed E-state index contributed by atoms with van der Waals surface area (Å²) in [6.07, 6.45) is 1.96. The number of hydrogen-bond acceptors (Lipinski definition) is 5. The zero-order chi connectivity index (χ0) is 16.8. The maximum Gasteiger partial charge on any atom is 0.328 e. The summed E-state index contributed by atoms with van der Waals surface area (Å²) in [5.74, 6) is -0.468. The van der Waals surface area contributed by atoms with E-state index >= 15 is 0 Å². The molecule has 23 heavy (non-hydrogen) atoms. The Labute approximate surface area is 137 Å². The number of thiophene rings is 1. The second kappa shape index (κ2) is 7.89. The van der Waals surface area contributed by atoms with Crippen molar-refractivity contribution in [1.82, 2.24) is 19.8 Å². The van der Waals surface area contributed by atoms with Gasteiger partial charge in [0.1, 0.15) is 5.56 Å². The highest BCUT2D eigenvalue weighted by atomic mass is 32.1. The quantitative estimate of drug-likeness (QED) is 0.713. The van der Waals surface area contributed by atoms with Crippen molar-refractivity contribution in [3.63, 3.8) is 0 Å². The van der Waals surface area contributed by atoms with Crippen molar-refractivity contribution in [3.8, 4) is 0 Å². The van der Waals surface area contributed by atoms with Crippen molar-refractivity contribution in [1.29, 1.82) is 0 Å². The second-order valence-corrected chi connectivity index (χ2v) is 6.42. The lowest BCUT2D eigenvalue weighted by Crippen LogP contribution is -2.41. The Morgan fingerprint density at radius 1 is 1.39 bits per heavy atom. The molecular weight excluding hydrogens is 316 g/mol. The summed E-state index contributed by atoms with van der Waals surface area (Å²) in [6.45, 7) is 1.47. The van der Waals surface area contributed by atoms with Crippen LogP contribution < -0.4 is 16.6 Å². The normalized spacial score (nSPS) is 10.9. The molecular formula is C15H20N4O3S. The molecule has 0 aromatic carbocycles. The number of aromatic amines is 1. The molecule has 2 aromatic rings. The molecule has 0 unspecified atom stereocenters. The second-order valence-electron chi connectivity index (χ2n) is 5.39. The van der Waals surface area contributed by atoms with Gasteiger partial charge in [-0.1, -0.05) is 6.07 Å². The molecule has 0 atom stereocenters. The standard InChI is InChI=1S/C15H20N4O3S/c1-18(2)7-4-6-16-13(20)12-9-17-15(22)19(14(12)21)10-11-5-3-8-23-11/h3,5,8-9H,4,6-7,10H2,1-2H3,(H,16,20)(H,17,22). The Bertz CT molecular complexity index is 762. The lowest BCUT2D eigenvalue weighted by molar-refractivity contribution is 0.0949. The van der Waals surface area contributed by atoms with Crippen molar-refractivity contribution in [2.75, 3.05) is 27.2 Å². The number of hydrogen-bond donors (Lipinski definition) is 2. The summed E-state index contributed by atoms with van der Waals surface area (Å²) in [6, 6.07) is 3.69. The third kappa shape index (κ3) is 4.64. The summed E-state index contributed by atoms with van der Waals surface area (Å²) in [4.78, 5) is 41.7. The van der Waals surface area contributed by atoms with E-state index in [1.807, 2.05) is 36.5 Å². The minimum Gasteiger partial charge on any atom is -0.352 e. The van der Waals surface area contributed by atoms with Crippen LogP contribution in [0.25, 0.3) is 0 Å². The van der Waals surface area contributed by atoms with Gasteiger partial charge in [0.2, 0.25) is 0 Å². The number of H-pyrrole nitrogens is 1. The van der Waals surface area contributed by atoms with Crippen molar-refractivity contribution in [3.05, 3.63) is 55.0 Å². The van der Waals surface area contributed by atoms with Gasteiger partial charge in [-0.3, -0.25) is 14.2 Å². The summed E-state index contributed by atoms with van der Waals surface area (Å²) in [5, 5.41) is 4.57. The molecule has 2 heterocycles. The average molecular weight is 336 g/mol. The first kappa shape index (κ1) is 17.2. The predicted octanol–water partition coefficient (Wildman–Crippen LogP) is 0.328. The summed E-state index contributed by atoms with van der Waals surface area (Å²) >= 11 is 1.45. The summed E-state index contributed by atoms with van der Waals surface area (Å²) < 4.78 is 1.04. The van der Waals surface area contributed by atoms with Gasteiger partial charge in [0, 0.05) is 17.6 Å². The Hall–Kier alpha value is -2.19. The van der Waals surface area contributed by atoms with Gasteiger partial charge >= 0.3 is 5.69 Å². The van der Waals surface area contributed by atoms with Crippen molar-refractivity contribution in [2.24, 2.45) is 0 Å². The zero-order valence-electron chi connectivity index (χ0n) is 13.2. The first-order valence-electron chi connectivity index (χ1n) is 7.27. The van der Waals surface area contributed by atoms with Crippen molar-refractivity contribution >= 4 is 17.2 Å². The van der Waals surface area contributed by atoms with E-state index in [2.05, 4.69) is 10.3 Å². The minimum atomic E-state index is -0.577. The van der Waals surface area contributed by atoms with E-state index in [1.54, 1.807) is 0 Å². The predicted molar refractivity (Wildman–Crippen MR) is 90.2 cm³/mol. The molecule has 1 amide bonds. The molecule has 0 spiro atoms. The third-order valence-corrected chi connectivity index (χ3v) is 4.13. The number of nitrogens with zero attached hydrogens (tertiary/aromatic N) is 2. The third-order valence-electron chi connectivity index (χ3n) is 3.27. The molecule has 2 rings (SSSR count). The molecule has 7 nitrogen and oxygen atoms in total. The molecule has 0 bridgehead atoms. The minimum absolute atomic E-state index is 0.0500. The average Bonchev–Trinajstić information content (AvgIpc) is 3.00. The van der Waals surface area contributed by atoms with Crippen LogP contribution in [0, 0.1) is 0 Å². The van der Waals surface area contributed by atoms with Gasteiger partial charge in [0.05, 0.1) is 6.54 Å². The SMILES string of the molecule is CN(C)CCCNC(=O)c1c[nH]c(=O)n(Cc2cccs2)c1=O.